The Labute approximate surface area is 177 Å². The molecule has 1 amide bonds. The van der Waals surface area contributed by atoms with Gasteiger partial charge in [-0.25, -0.2) is 4.79 Å². The number of nitrogens with one attached hydrogen (secondary N) is 3. The number of guanidine groups is 1. The number of carbonyl (C=O) groups is 1. The minimum Gasteiger partial charge on any atom is -0.444 e. The summed E-state index contributed by atoms with van der Waals surface area (Å²) in [6.45, 7) is 11.4. The molecule has 0 saturated heterocycles. The second-order valence-electron chi connectivity index (χ2n) is 7.85. The van der Waals surface area contributed by atoms with Crippen LogP contribution in [-0.2, 0) is 11.3 Å². The summed E-state index contributed by atoms with van der Waals surface area (Å²) < 4.78 is 6.79. The van der Waals surface area contributed by atoms with E-state index in [9.17, 15) is 14.9 Å². The third kappa shape index (κ3) is 10.6. The zero-order chi connectivity index (χ0) is 22.6. The van der Waals surface area contributed by atoms with Crippen molar-refractivity contribution >= 4 is 17.7 Å². The van der Waals surface area contributed by atoms with Crippen LogP contribution in [0.15, 0.2) is 17.4 Å². The normalized spacial score (nSPS) is 12.9. The first-order chi connectivity index (χ1) is 14.1. The van der Waals surface area contributed by atoms with Gasteiger partial charge >= 0.3 is 11.8 Å². The van der Waals surface area contributed by atoms with Gasteiger partial charge in [0, 0.05) is 19.1 Å². The Kier molecular flexibility index (Phi) is 10.6. The van der Waals surface area contributed by atoms with Gasteiger partial charge in [-0.15, -0.1) is 0 Å². The first kappa shape index (κ1) is 25.2. The molecule has 170 valence electrons. The fourth-order valence-corrected chi connectivity index (χ4v) is 2.54. The summed E-state index contributed by atoms with van der Waals surface area (Å²) in [5.74, 6) is 0.617. The average molecular weight is 426 g/mol. The Hall–Kier alpha value is -2.85. The zero-order valence-electron chi connectivity index (χ0n) is 18.6. The second kappa shape index (κ2) is 12.7. The lowest BCUT2D eigenvalue weighted by Gasteiger charge is -2.24. The summed E-state index contributed by atoms with van der Waals surface area (Å²) in [4.78, 5) is 26.7. The van der Waals surface area contributed by atoms with Crippen molar-refractivity contribution in [2.24, 2.45) is 4.99 Å². The largest absolute Gasteiger partial charge is 0.444 e. The van der Waals surface area contributed by atoms with Crippen molar-refractivity contribution in [1.29, 1.82) is 0 Å². The topological polar surface area (TPSA) is 136 Å². The maximum atomic E-state index is 12.0. The van der Waals surface area contributed by atoms with Crippen LogP contribution in [0, 0.1) is 10.1 Å². The van der Waals surface area contributed by atoms with Crippen molar-refractivity contribution in [3.63, 3.8) is 0 Å². The highest BCUT2D eigenvalue weighted by Gasteiger charge is 2.18. The van der Waals surface area contributed by atoms with Crippen molar-refractivity contribution in [2.45, 2.75) is 72.1 Å². The van der Waals surface area contributed by atoms with Crippen molar-refractivity contribution in [3.05, 3.63) is 22.5 Å². The molecule has 1 aromatic rings. The van der Waals surface area contributed by atoms with Crippen LogP contribution in [0.2, 0.25) is 0 Å². The van der Waals surface area contributed by atoms with Crippen molar-refractivity contribution in [1.82, 2.24) is 25.7 Å². The number of ether oxygens (including phenoxy) is 1. The van der Waals surface area contributed by atoms with E-state index in [0.29, 0.717) is 32.1 Å². The van der Waals surface area contributed by atoms with Gasteiger partial charge in [-0.2, -0.15) is 5.10 Å². The quantitative estimate of drug-likeness (QED) is 0.214. The number of unbranched alkanes of at least 4 members (excludes halogenated alkanes) is 1. The molecule has 0 fully saturated rings. The first-order valence-corrected chi connectivity index (χ1v) is 10.3. The summed E-state index contributed by atoms with van der Waals surface area (Å²) in [7, 11) is 0. The van der Waals surface area contributed by atoms with Crippen molar-refractivity contribution in [2.75, 3.05) is 19.6 Å². The number of nitrogens with zero attached hydrogens (tertiary/aromatic N) is 4. The smallest absolute Gasteiger partial charge is 0.407 e. The number of alkyl carbamates (subject to hydrolysis) is 1. The molecule has 0 aliphatic rings. The number of hydrogen-bond donors (Lipinski definition) is 3. The summed E-state index contributed by atoms with van der Waals surface area (Å²) in [6, 6.07) is -0.0129. The number of amides is 1. The minimum absolute atomic E-state index is 0.0129. The molecule has 0 bridgehead atoms. The molecule has 3 N–H and O–H groups in total. The summed E-state index contributed by atoms with van der Waals surface area (Å²) in [5.41, 5.74) is -0.592. The Morgan fingerprint density at radius 2 is 2.10 bits per heavy atom. The lowest BCUT2D eigenvalue weighted by molar-refractivity contribution is -0.385. The highest BCUT2D eigenvalue weighted by atomic mass is 16.6. The maximum Gasteiger partial charge on any atom is 0.407 e. The molecular formula is C19H35N7O4. The van der Waals surface area contributed by atoms with E-state index in [0.717, 1.165) is 19.3 Å². The molecular weight excluding hydrogens is 390 g/mol. The molecule has 11 nitrogen and oxygen atoms in total. The van der Waals surface area contributed by atoms with Gasteiger partial charge in [0.25, 0.3) is 0 Å². The summed E-state index contributed by atoms with van der Waals surface area (Å²) >= 11 is 0. The minimum atomic E-state index is -0.547. The van der Waals surface area contributed by atoms with Crippen LogP contribution in [-0.4, -0.2) is 58.0 Å². The highest BCUT2D eigenvalue weighted by molar-refractivity contribution is 5.80. The number of hydrogen-bond acceptors (Lipinski definition) is 6. The average Bonchev–Trinajstić information content (AvgIpc) is 3.11. The van der Waals surface area contributed by atoms with Gasteiger partial charge in [0.15, 0.2) is 5.96 Å². The molecule has 0 radical (unpaired) electrons. The third-order valence-electron chi connectivity index (χ3n) is 3.91. The molecule has 1 heterocycles. The summed E-state index contributed by atoms with van der Waals surface area (Å²) in [6.07, 6.45) is 5.05. The van der Waals surface area contributed by atoms with Crippen LogP contribution >= 0.6 is 0 Å². The van der Waals surface area contributed by atoms with Crippen LogP contribution in [0.25, 0.3) is 0 Å². The predicted molar refractivity (Wildman–Crippen MR) is 116 cm³/mol. The van der Waals surface area contributed by atoms with E-state index in [1.807, 2.05) is 27.7 Å². The molecule has 1 aromatic heterocycles. The molecule has 0 aliphatic carbocycles. The van der Waals surface area contributed by atoms with Gasteiger partial charge in [-0.1, -0.05) is 19.8 Å². The molecule has 0 saturated carbocycles. The first-order valence-electron chi connectivity index (χ1n) is 10.3. The number of carbonyl (C=O) groups excluding carboxylic acids is 1. The van der Waals surface area contributed by atoms with Gasteiger partial charge in [0.1, 0.15) is 18.0 Å². The fraction of sp³-hybridized carbons (Fsp3) is 0.737. The van der Waals surface area contributed by atoms with E-state index in [-0.39, 0.29) is 11.7 Å². The third-order valence-corrected chi connectivity index (χ3v) is 3.91. The molecule has 11 heteroatoms. The Morgan fingerprint density at radius 1 is 1.37 bits per heavy atom. The van der Waals surface area contributed by atoms with E-state index >= 15 is 0 Å². The highest BCUT2D eigenvalue weighted by Crippen LogP contribution is 2.08. The molecule has 1 rings (SSSR count). The molecule has 30 heavy (non-hydrogen) atoms. The van der Waals surface area contributed by atoms with E-state index in [1.165, 1.54) is 17.1 Å². The van der Waals surface area contributed by atoms with Gasteiger partial charge in [0.2, 0.25) is 0 Å². The van der Waals surface area contributed by atoms with E-state index < -0.39 is 16.6 Å². The van der Waals surface area contributed by atoms with E-state index in [4.69, 9.17) is 4.74 Å². The van der Waals surface area contributed by atoms with Crippen LogP contribution in [0.3, 0.4) is 0 Å². The zero-order valence-corrected chi connectivity index (χ0v) is 18.6. The van der Waals surface area contributed by atoms with Crippen molar-refractivity contribution < 1.29 is 14.5 Å². The number of nitro groups is 1. The molecule has 0 aliphatic heterocycles. The Morgan fingerprint density at radius 3 is 2.67 bits per heavy atom. The second-order valence-corrected chi connectivity index (χ2v) is 7.85. The monoisotopic (exact) mass is 425 g/mol. The van der Waals surface area contributed by atoms with Crippen LogP contribution in [0.1, 0.15) is 53.9 Å². The predicted octanol–water partition coefficient (Wildman–Crippen LogP) is 2.43. The van der Waals surface area contributed by atoms with E-state index in [1.54, 1.807) is 0 Å². The number of rotatable bonds is 11. The molecule has 1 unspecified atom stereocenters. The summed E-state index contributed by atoms with van der Waals surface area (Å²) in [5, 5.41) is 24.0. The van der Waals surface area contributed by atoms with Gasteiger partial charge in [-0.3, -0.25) is 19.8 Å². The standard InChI is InChI=1S/C19H35N7O4/c1-6-8-9-15(12-22-18(27)30-19(3,4)5)24-17(20-7-2)21-10-11-25-14-16(13-23-25)26(28)29/h13-15H,6-12H2,1-5H3,(H,22,27)(H2,20,21,24). The van der Waals surface area contributed by atoms with Gasteiger partial charge in [-0.05, 0) is 34.1 Å². The lowest BCUT2D eigenvalue weighted by atomic mass is 10.1. The lowest BCUT2D eigenvalue weighted by Crippen LogP contribution is -2.49. The molecule has 0 spiro atoms. The Balaban J connectivity index is 2.66. The van der Waals surface area contributed by atoms with Crippen LogP contribution in [0.4, 0.5) is 10.5 Å². The number of aromatic nitrogens is 2. The van der Waals surface area contributed by atoms with Crippen molar-refractivity contribution in [3.8, 4) is 0 Å². The van der Waals surface area contributed by atoms with Crippen LogP contribution < -0.4 is 16.0 Å². The van der Waals surface area contributed by atoms with E-state index in [2.05, 4.69) is 33.0 Å². The Bertz CT molecular complexity index is 697. The molecule has 1 atom stereocenters. The SMILES string of the molecule is CCCCC(CNC(=O)OC(C)(C)C)NC(=NCCn1cc([N+](=O)[O-])cn1)NCC. The molecule has 0 aromatic carbocycles. The van der Waals surface area contributed by atoms with Gasteiger partial charge < -0.3 is 20.7 Å². The maximum absolute atomic E-state index is 12.0. The number of aliphatic imine (C=N–C) groups is 1. The van der Waals surface area contributed by atoms with Gasteiger partial charge in [0.05, 0.1) is 18.0 Å². The fourth-order valence-electron chi connectivity index (χ4n) is 2.54. The van der Waals surface area contributed by atoms with Crippen LogP contribution in [0.5, 0.6) is 0 Å².